The van der Waals surface area contributed by atoms with Crippen molar-refractivity contribution in [3.8, 4) is 17.2 Å². The first kappa shape index (κ1) is 12.2. The Bertz CT molecular complexity index is 1140. The van der Waals surface area contributed by atoms with Crippen molar-refractivity contribution in [1.29, 1.82) is 0 Å². The Hall–Kier alpha value is -3.22. The Labute approximate surface area is 166 Å². The van der Waals surface area contributed by atoms with Crippen LogP contribution in [0.3, 0.4) is 0 Å². The van der Waals surface area contributed by atoms with Gasteiger partial charge in [-0.1, -0.05) is 6.07 Å². The molecule has 0 saturated carbocycles. The predicted molar refractivity (Wildman–Crippen MR) is 107 cm³/mol. The average molecular weight is 374 g/mol. The third kappa shape index (κ3) is 3.53. The SMILES string of the molecule is [2H]C([2H])([2H])Oc1cc(NCc2ccc3nc(C)nc(N)c3c2C)cc(OC([2H])([2H])[2H])c1OC. The summed E-state index contributed by atoms with van der Waals surface area (Å²) in [5.41, 5.74) is 8.95. The second kappa shape index (κ2) is 7.57. The zero-order chi connectivity index (χ0) is 24.6. The lowest BCUT2D eigenvalue weighted by molar-refractivity contribution is 0.324. The van der Waals surface area contributed by atoms with E-state index in [1.54, 1.807) is 6.92 Å². The highest BCUT2D eigenvalue weighted by molar-refractivity contribution is 5.92. The lowest BCUT2D eigenvalue weighted by Gasteiger charge is -2.16. The van der Waals surface area contributed by atoms with Gasteiger partial charge in [-0.3, -0.25) is 0 Å². The van der Waals surface area contributed by atoms with Crippen molar-refractivity contribution >= 4 is 22.4 Å². The molecule has 27 heavy (non-hydrogen) atoms. The number of nitrogens with zero attached hydrogens (tertiary/aromatic N) is 2. The van der Waals surface area contributed by atoms with E-state index in [2.05, 4.69) is 15.3 Å². The molecule has 0 radical (unpaired) electrons. The molecule has 0 bridgehead atoms. The molecule has 7 nitrogen and oxygen atoms in total. The van der Waals surface area contributed by atoms with Crippen LogP contribution in [-0.4, -0.2) is 31.2 Å². The van der Waals surface area contributed by atoms with Crippen LogP contribution < -0.4 is 25.3 Å². The molecule has 0 aliphatic carbocycles. The Balaban J connectivity index is 1.98. The number of aromatic nitrogens is 2. The Morgan fingerprint density at radius 3 is 2.41 bits per heavy atom. The molecule has 0 aliphatic rings. The molecule has 1 heterocycles. The minimum absolute atomic E-state index is 0.144. The number of nitrogens with two attached hydrogens (primary N) is 1. The van der Waals surface area contributed by atoms with E-state index in [9.17, 15) is 0 Å². The van der Waals surface area contributed by atoms with Crippen LogP contribution in [0.15, 0.2) is 24.3 Å². The predicted octanol–water partition coefficient (Wildman–Crippen LogP) is 3.47. The number of methoxy groups -OCH3 is 3. The maximum Gasteiger partial charge on any atom is 0.203 e. The summed E-state index contributed by atoms with van der Waals surface area (Å²) in [5, 5.41) is 3.88. The maximum absolute atomic E-state index is 7.40. The van der Waals surface area contributed by atoms with Crippen molar-refractivity contribution in [1.82, 2.24) is 9.97 Å². The first-order chi connectivity index (χ1) is 15.3. The van der Waals surface area contributed by atoms with Gasteiger partial charge < -0.3 is 25.3 Å². The standard InChI is InChI=1S/C20H24N4O3/c1-11-13(6-7-15-18(11)20(21)24-12(2)23-15)10-22-14-8-16(25-3)19(27-5)17(9-14)26-4/h6-9,22H,10H2,1-5H3,(H2,21,23,24)/i3D3,4D3. The number of anilines is 2. The van der Waals surface area contributed by atoms with Gasteiger partial charge in [-0.25, -0.2) is 9.97 Å². The van der Waals surface area contributed by atoms with Crippen molar-refractivity contribution in [2.45, 2.75) is 20.4 Å². The van der Waals surface area contributed by atoms with Gasteiger partial charge in [-0.2, -0.15) is 0 Å². The van der Waals surface area contributed by atoms with E-state index in [1.165, 1.54) is 19.2 Å². The largest absolute Gasteiger partial charge is 0.493 e. The molecule has 0 aliphatic heterocycles. The minimum Gasteiger partial charge on any atom is -0.493 e. The summed E-state index contributed by atoms with van der Waals surface area (Å²) < 4.78 is 59.6. The fourth-order valence-corrected chi connectivity index (χ4v) is 3.01. The van der Waals surface area contributed by atoms with Gasteiger partial charge in [0.25, 0.3) is 0 Å². The molecular weight excluding hydrogens is 344 g/mol. The van der Waals surface area contributed by atoms with Crippen LogP contribution in [0.5, 0.6) is 17.2 Å². The zero-order valence-corrected chi connectivity index (χ0v) is 15.2. The molecule has 3 aromatic rings. The molecule has 7 heteroatoms. The molecule has 0 atom stereocenters. The van der Waals surface area contributed by atoms with Crippen LogP contribution in [0.1, 0.15) is 25.2 Å². The lowest BCUT2D eigenvalue weighted by atomic mass is 10.0. The summed E-state index contributed by atoms with van der Waals surface area (Å²) >= 11 is 0. The van der Waals surface area contributed by atoms with Crippen LogP contribution in [0, 0.1) is 13.8 Å². The molecular formula is C20H24N4O3. The van der Waals surface area contributed by atoms with Gasteiger partial charge in [0.1, 0.15) is 11.6 Å². The minimum atomic E-state index is -2.78. The third-order valence-electron chi connectivity index (χ3n) is 4.30. The van der Waals surface area contributed by atoms with Crippen molar-refractivity contribution in [2.75, 3.05) is 32.2 Å². The number of rotatable bonds is 6. The fourth-order valence-electron chi connectivity index (χ4n) is 3.01. The first-order valence-electron chi connectivity index (χ1n) is 11.1. The van der Waals surface area contributed by atoms with Gasteiger partial charge in [-0.05, 0) is 31.0 Å². The molecule has 0 fully saturated rings. The number of fused-ring (bicyclic) bond motifs is 1. The zero-order valence-electron chi connectivity index (χ0n) is 21.2. The molecule has 3 N–H and O–H groups in total. The molecule has 142 valence electrons. The highest BCUT2D eigenvalue weighted by atomic mass is 16.5. The van der Waals surface area contributed by atoms with Crippen molar-refractivity contribution in [2.24, 2.45) is 0 Å². The van der Waals surface area contributed by atoms with Gasteiger partial charge in [0, 0.05) is 29.8 Å². The topological polar surface area (TPSA) is 91.5 Å². The number of nitrogen functional groups attached to an aromatic ring is 1. The first-order valence-corrected chi connectivity index (χ1v) is 8.13. The van der Waals surface area contributed by atoms with E-state index in [4.69, 9.17) is 28.2 Å². The van der Waals surface area contributed by atoms with Crippen molar-refractivity contribution < 1.29 is 22.4 Å². The van der Waals surface area contributed by atoms with E-state index < -0.39 is 14.1 Å². The maximum atomic E-state index is 7.40. The van der Waals surface area contributed by atoms with Crippen molar-refractivity contribution in [3.05, 3.63) is 41.2 Å². The molecule has 0 spiro atoms. The van der Waals surface area contributed by atoms with Crippen LogP contribution in [0.4, 0.5) is 11.5 Å². The van der Waals surface area contributed by atoms with E-state index in [-0.39, 0.29) is 17.2 Å². The van der Waals surface area contributed by atoms with E-state index in [0.29, 0.717) is 23.9 Å². The van der Waals surface area contributed by atoms with Crippen LogP contribution in [0.25, 0.3) is 10.9 Å². The number of benzene rings is 2. The number of aryl methyl sites for hydroxylation is 2. The number of nitrogens with one attached hydrogen (secondary N) is 1. The Morgan fingerprint density at radius 2 is 1.78 bits per heavy atom. The summed E-state index contributed by atoms with van der Waals surface area (Å²) in [6.45, 7) is 3.97. The van der Waals surface area contributed by atoms with Gasteiger partial charge in [-0.15, -0.1) is 0 Å². The second-order valence-electron chi connectivity index (χ2n) is 5.96. The number of ether oxygens (including phenoxy) is 3. The number of hydrogen-bond acceptors (Lipinski definition) is 7. The Kier molecular flexibility index (Phi) is 3.43. The van der Waals surface area contributed by atoms with Crippen LogP contribution >= 0.6 is 0 Å². The summed E-state index contributed by atoms with van der Waals surface area (Å²) in [5.74, 6) is 0.431. The quantitative estimate of drug-likeness (QED) is 0.682. The van der Waals surface area contributed by atoms with Crippen molar-refractivity contribution in [3.63, 3.8) is 0 Å². The number of hydrogen-bond donors (Lipinski definition) is 2. The summed E-state index contributed by atoms with van der Waals surface area (Å²) in [6.07, 6.45) is 0. The van der Waals surface area contributed by atoms with Crippen LogP contribution in [-0.2, 0) is 6.54 Å². The van der Waals surface area contributed by atoms with E-state index in [1.807, 2.05) is 19.1 Å². The van der Waals surface area contributed by atoms with E-state index in [0.717, 1.165) is 22.0 Å². The Morgan fingerprint density at radius 1 is 1.07 bits per heavy atom. The second-order valence-corrected chi connectivity index (χ2v) is 5.96. The molecule has 0 amide bonds. The summed E-state index contributed by atoms with van der Waals surface area (Å²) in [4.78, 5) is 8.63. The molecule has 0 unspecified atom stereocenters. The molecule has 2 aromatic carbocycles. The third-order valence-corrected chi connectivity index (χ3v) is 4.30. The highest BCUT2D eigenvalue weighted by Crippen LogP contribution is 2.40. The monoisotopic (exact) mass is 374 g/mol. The highest BCUT2D eigenvalue weighted by Gasteiger charge is 2.14. The van der Waals surface area contributed by atoms with E-state index >= 15 is 0 Å². The van der Waals surface area contributed by atoms with Gasteiger partial charge in [0.15, 0.2) is 11.5 Å². The van der Waals surface area contributed by atoms with Crippen LogP contribution in [0.2, 0.25) is 0 Å². The van der Waals surface area contributed by atoms with Gasteiger partial charge in [0.2, 0.25) is 5.75 Å². The van der Waals surface area contributed by atoms with Gasteiger partial charge in [0.05, 0.1) is 34.9 Å². The average Bonchev–Trinajstić information content (AvgIpc) is 2.64. The lowest BCUT2D eigenvalue weighted by Crippen LogP contribution is -2.05. The molecule has 3 rings (SSSR count). The molecule has 0 saturated heterocycles. The normalized spacial score (nSPS) is 14.9. The summed E-state index contributed by atoms with van der Waals surface area (Å²) in [6, 6.07) is 6.52. The molecule has 1 aromatic heterocycles. The fraction of sp³-hybridized carbons (Fsp3) is 0.300. The van der Waals surface area contributed by atoms with Gasteiger partial charge >= 0.3 is 0 Å². The smallest absolute Gasteiger partial charge is 0.203 e. The summed E-state index contributed by atoms with van der Waals surface area (Å²) in [7, 11) is -4.31.